The van der Waals surface area contributed by atoms with E-state index in [-0.39, 0.29) is 5.91 Å². The minimum atomic E-state index is -0.000185. The Morgan fingerprint density at radius 2 is 2.11 bits per heavy atom. The molecule has 0 atom stereocenters. The lowest BCUT2D eigenvalue weighted by Crippen LogP contribution is -2.39. The number of pyridine rings is 1. The van der Waals surface area contributed by atoms with Crippen LogP contribution in [0.3, 0.4) is 0 Å². The molecule has 0 aliphatic heterocycles. The number of anilines is 1. The van der Waals surface area contributed by atoms with Crippen LogP contribution >= 0.6 is 0 Å². The van der Waals surface area contributed by atoms with Gasteiger partial charge in [-0.2, -0.15) is 0 Å². The molecule has 1 heterocycles. The topological polar surface area (TPSA) is 54.0 Å². The highest BCUT2D eigenvalue weighted by atomic mass is 16.1. The van der Waals surface area contributed by atoms with Crippen LogP contribution in [0.15, 0.2) is 30.3 Å². The van der Waals surface area contributed by atoms with E-state index in [9.17, 15) is 4.79 Å². The molecule has 3 rings (SSSR count). The Bertz CT molecular complexity index is 620. The number of benzene rings is 1. The van der Waals surface area contributed by atoms with Crippen molar-refractivity contribution in [1.82, 2.24) is 10.3 Å². The van der Waals surface area contributed by atoms with Gasteiger partial charge < -0.3 is 10.6 Å². The number of amides is 1. The summed E-state index contributed by atoms with van der Waals surface area (Å²) in [7, 11) is 1.81. The number of hydrogen-bond acceptors (Lipinski definition) is 3. The average Bonchev–Trinajstić information content (AvgIpc) is 2.41. The van der Waals surface area contributed by atoms with E-state index < -0.39 is 0 Å². The zero-order valence-corrected chi connectivity index (χ0v) is 10.9. The smallest absolute Gasteiger partial charge is 0.252 e. The summed E-state index contributed by atoms with van der Waals surface area (Å²) >= 11 is 0. The van der Waals surface area contributed by atoms with Gasteiger partial charge in [-0.25, -0.2) is 4.98 Å². The SMILES string of the molecule is CNc1cc(C(=O)NC2CCC2)c2ccccc2n1. The molecule has 1 aliphatic carbocycles. The Balaban J connectivity index is 2.02. The molecule has 1 saturated carbocycles. The molecular weight excluding hydrogens is 238 g/mol. The Hall–Kier alpha value is -2.10. The van der Waals surface area contributed by atoms with Crippen molar-refractivity contribution in [2.45, 2.75) is 25.3 Å². The number of nitrogens with one attached hydrogen (secondary N) is 2. The van der Waals surface area contributed by atoms with E-state index >= 15 is 0 Å². The summed E-state index contributed by atoms with van der Waals surface area (Å²) < 4.78 is 0. The van der Waals surface area contributed by atoms with Crippen LogP contribution in [0.4, 0.5) is 5.82 Å². The molecular formula is C15H17N3O. The van der Waals surface area contributed by atoms with Gasteiger partial charge in [0.05, 0.1) is 11.1 Å². The number of hydrogen-bond donors (Lipinski definition) is 2. The van der Waals surface area contributed by atoms with Crippen molar-refractivity contribution < 1.29 is 4.79 Å². The third-order valence-corrected chi connectivity index (χ3v) is 3.66. The van der Waals surface area contributed by atoms with Crippen LogP contribution in [0.1, 0.15) is 29.6 Å². The van der Waals surface area contributed by atoms with Crippen LogP contribution < -0.4 is 10.6 Å². The largest absolute Gasteiger partial charge is 0.373 e. The molecule has 19 heavy (non-hydrogen) atoms. The lowest BCUT2D eigenvalue weighted by molar-refractivity contribution is 0.0918. The molecule has 2 aromatic rings. The average molecular weight is 255 g/mol. The summed E-state index contributed by atoms with van der Waals surface area (Å²) in [5.41, 5.74) is 1.54. The maximum atomic E-state index is 12.4. The summed E-state index contributed by atoms with van der Waals surface area (Å²) in [6.45, 7) is 0. The zero-order chi connectivity index (χ0) is 13.2. The van der Waals surface area contributed by atoms with Crippen molar-refractivity contribution >= 4 is 22.6 Å². The van der Waals surface area contributed by atoms with Gasteiger partial charge in [-0.05, 0) is 31.4 Å². The predicted molar refractivity (Wildman–Crippen MR) is 76.4 cm³/mol. The zero-order valence-electron chi connectivity index (χ0n) is 10.9. The number of carbonyl (C=O) groups is 1. The van der Waals surface area contributed by atoms with Gasteiger partial charge in [-0.15, -0.1) is 0 Å². The van der Waals surface area contributed by atoms with Gasteiger partial charge in [0, 0.05) is 18.5 Å². The van der Waals surface area contributed by atoms with Crippen LogP contribution in [0.25, 0.3) is 10.9 Å². The monoisotopic (exact) mass is 255 g/mol. The molecule has 4 heteroatoms. The summed E-state index contributed by atoms with van der Waals surface area (Å²) in [6, 6.07) is 9.90. The van der Waals surface area contributed by atoms with Crippen LogP contribution in [-0.4, -0.2) is 24.0 Å². The van der Waals surface area contributed by atoms with E-state index in [4.69, 9.17) is 0 Å². The fourth-order valence-corrected chi connectivity index (χ4v) is 2.31. The molecule has 1 aromatic heterocycles. The fraction of sp³-hybridized carbons (Fsp3) is 0.333. The molecule has 1 amide bonds. The molecule has 0 radical (unpaired) electrons. The molecule has 1 aliphatic rings. The first kappa shape index (κ1) is 12.0. The molecule has 98 valence electrons. The third kappa shape index (κ3) is 2.26. The van der Waals surface area contributed by atoms with Crippen LogP contribution in [-0.2, 0) is 0 Å². The second-order valence-corrected chi connectivity index (χ2v) is 4.92. The molecule has 1 fully saturated rings. The van der Waals surface area contributed by atoms with Gasteiger partial charge in [0.25, 0.3) is 5.91 Å². The van der Waals surface area contributed by atoms with E-state index in [1.165, 1.54) is 6.42 Å². The predicted octanol–water partition coefficient (Wildman–Crippen LogP) is 2.56. The minimum absolute atomic E-state index is 0.000185. The molecule has 0 spiro atoms. The van der Waals surface area contributed by atoms with Gasteiger partial charge in [-0.3, -0.25) is 4.79 Å². The normalized spacial score (nSPS) is 15.0. The number of para-hydroxylation sites is 1. The second kappa shape index (κ2) is 4.88. The number of nitrogens with zero attached hydrogens (tertiary/aromatic N) is 1. The molecule has 4 nitrogen and oxygen atoms in total. The molecule has 1 aromatic carbocycles. The van der Waals surface area contributed by atoms with Gasteiger partial charge in [0.2, 0.25) is 0 Å². The first-order valence-electron chi connectivity index (χ1n) is 6.66. The number of rotatable bonds is 3. The van der Waals surface area contributed by atoms with Gasteiger partial charge >= 0.3 is 0 Å². The highest BCUT2D eigenvalue weighted by Gasteiger charge is 2.21. The van der Waals surface area contributed by atoms with Crippen LogP contribution in [0, 0.1) is 0 Å². The van der Waals surface area contributed by atoms with E-state index in [0.29, 0.717) is 11.6 Å². The highest BCUT2D eigenvalue weighted by Crippen LogP contribution is 2.23. The van der Waals surface area contributed by atoms with Crippen LogP contribution in [0.2, 0.25) is 0 Å². The first-order valence-corrected chi connectivity index (χ1v) is 6.66. The third-order valence-electron chi connectivity index (χ3n) is 3.66. The lowest BCUT2D eigenvalue weighted by Gasteiger charge is -2.26. The van der Waals surface area contributed by atoms with Gasteiger partial charge in [0.1, 0.15) is 5.82 Å². The maximum Gasteiger partial charge on any atom is 0.252 e. The van der Waals surface area contributed by atoms with Gasteiger partial charge in [-0.1, -0.05) is 18.2 Å². The van der Waals surface area contributed by atoms with Crippen molar-refractivity contribution in [2.75, 3.05) is 12.4 Å². The Kier molecular flexibility index (Phi) is 3.07. The number of aromatic nitrogens is 1. The number of fused-ring (bicyclic) bond motifs is 1. The Morgan fingerprint density at radius 3 is 2.79 bits per heavy atom. The minimum Gasteiger partial charge on any atom is -0.373 e. The van der Waals surface area contributed by atoms with Crippen molar-refractivity contribution in [1.29, 1.82) is 0 Å². The summed E-state index contributed by atoms with van der Waals surface area (Å²) in [4.78, 5) is 16.8. The highest BCUT2D eigenvalue weighted by molar-refractivity contribution is 6.07. The number of carbonyl (C=O) groups excluding carboxylic acids is 1. The van der Waals surface area contributed by atoms with E-state index in [1.807, 2.05) is 37.4 Å². The maximum absolute atomic E-state index is 12.4. The summed E-state index contributed by atoms with van der Waals surface area (Å²) in [6.07, 6.45) is 3.39. The molecule has 0 bridgehead atoms. The summed E-state index contributed by atoms with van der Waals surface area (Å²) in [5, 5.41) is 6.99. The molecule has 0 saturated heterocycles. The lowest BCUT2D eigenvalue weighted by atomic mass is 9.93. The molecule has 0 unspecified atom stereocenters. The standard InChI is InChI=1S/C15H17N3O/c1-16-14-9-12(15(19)17-10-5-4-6-10)11-7-2-3-8-13(11)18-14/h2-3,7-10H,4-6H2,1H3,(H,16,18)(H,17,19). The first-order chi connectivity index (χ1) is 9.28. The second-order valence-electron chi connectivity index (χ2n) is 4.92. The Labute approximate surface area is 112 Å². The van der Waals surface area contributed by atoms with E-state index in [1.54, 1.807) is 0 Å². The van der Waals surface area contributed by atoms with Gasteiger partial charge in [0.15, 0.2) is 0 Å². The fourth-order valence-electron chi connectivity index (χ4n) is 2.31. The van der Waals surface area contributed by atoms with Crippen molar-refractivity contribution in [3.05, 3.63) is 35.9 Å². The molecule has 2 N–H and O–H groups in total. The van der Waals surface area contributed by atoms with E-state index in [2.05, 4.69) is 15.6 Å². The van der Waals surface area contributed by atoms with E-state index in [0.717, 1.165) is 29.6 Å². The quantitative estimate of drug-likeness (QED) is 0.886. The van der Waals surface area contributed by atoms with Crippen molar-refractivity contribution in [3.63, 3.8) is 0 Å². The van der Waals surface area contributed by atoms with Crippen molar-refractivity contribution in [3.8, 4) is 0 Å². The van der Waals surface area contributed by atoms with Crippen molar-refractivity contribution in [2.24, 2.45) is 0 Å². The van der Waals surface area contributed by atoms with Crippen LogP contribution in [0.5, 0.6) is 0 Å². The Morgan fingerprint density at radius 1 is 1.32 bits per heavy atom. The summed E-state index contributed by atoms with van der Waals surface area (Å²) in [5.74, 6) is 0.720.